The fourth-order valence-corrected chi connectivity index (χ4v) is 1.60. The maximum Gasteiger partial charge on any atom is 0.264 e. The minimum atomic E-state index is -3.27. The maximum absolute atomic E-state index is 10.7. The lowest BCUT2D eigenvalue weighted by atomic mass is 10.0. The molecule has 0 saturated heterocycles. The predicted octanol–water partition coefficient (Wildman–Crippen LogP) is 2.74. The summed E-state index contributed by atoms with van der Waals surface area (Å²) >= 11 is 0. The van der Waals surface area contributed by atoms with Gasteiger partial charge in [0.05, 0.1) is 12.9 Å². The van der Waals surface area contributed by atoms with E-state index in [1.54, 1.807) is 0 Å². The van der Waals surface area contributed by atoms with E-state index < -0.39 is 10.1 Å². The molecule has 4 heteroatoms. The van der Waals surface area contributed by atoms with E-state index in [1.807, 2.05) is 0 Å². The SMILES string of the molecule is CC(C)=CCC[C@@H](C)CCOS(C)(=O)=O. The lowest BCUT2D eigenvalue weighted by Gasteiger charge is -2.09. The molecule has 1 atom stereocenters. The van der Waals surface area contributed by atoms with Gasteiger partial charge in [0.15, 0.2) is 0 Å². The van der Waals surface area contributed by atoms with Crippen molar-refractivity contribution in [2.45, 2.75) is 40.0 Å². The Morgan fingerprint density at radius 3 is 2.40 bits per heavy atom. The molecule has 0 amide bonds. The minimum Gasteiger partial charge on any atom is -0.270 e. The molecule has 0 aliphatic rings. The smallest absolute Gasteiger partial charge is 0.264 e. The number of rotatable bonds is 7. The van der Waals surface area contributed by atoms with Crippen LogP contribution in [0, 0.1) is 5.92 Å². The molecule has 0 aromatic heterocycles. The average Bonchev–Trinajstić information content (AvgIpc) is 2.00. The largest absolute Gasteiger partial charge is 0.270 e. The van der Waals surface area contributed by atoms with Crippen LogP contribution in [0.25, 0.3) is 0 Å². The monoisotopic (exact) mass is 234 g/mol. The maximum atomic E-state index is 10.7. The standard InChI is InChI=1S/C11H22O3S/c1-10(2)6-5-7-11(3)8-9-14-15(4,12)13/h6,11H,5,7-9H2,1-4H3/t11-/m1/s1. The highest BCUT2D eigenvalue weighted by atomic mass is 32.2. The molecule has 0 aromatic rings. The summed E-state index contributed by atoms with van der Waals surface area (Å²) in [6, 6.07) is 0. The van der Waals surface area contributed by atoms with Gasteiger partial charge in [0.2, 0.25) is 0 Å². The first-order chi connectivity index (χ1) is 6.81. The molecule has 0 heterocycles. The molecule has 0 spiro atoms. The average molecular weight is 234 g/mol. The van der Waals surface area contributed by atoms with Crippen molar-refractivity contribution in [3.05, 3.63) is 11.6 Å². The zero-order valence-corrected chi connectivity index (χ0v) is 10.9. The zero-order chi connectivity index (χ0) is 11.9. The van der Waals surface area contributed by atoms with E-state index in [2.05, 4.69) is 31.0 Å². The third kappa shape index (κ3) is 11.6. The van der Waals surface area contributed by atoms with Crippen LogP contribution in [0.4, 0.5) is 0 Å². The van der Waals surface area contributed by atoms with Crippen LogP contribution < -0.4 is 0 Å². The van der Waals surface area contributed by atoms with E-state index >= 15 is 0 Å². The highest BCUT2D eigenvalue weighted by Gasteiger charge is 2.05. The summed E-state index contributed by atoms with van der Waals surface area (Å²) in [5, 5.41) is 0. The van der Waals surface area contributed by atoms with Crippen molar-refractivity contribution in [2.24, 2.45) is 5.92 Å². The minimum absolute atomic E-state index is 0.300. The summed E-state index contributed by atoms with van der Waals surface area (Å²) in [5.74, 6) is 0.502. The normalized spacial score (nSPS) is 13.6. The Morgan fingerprint density at radius 2 is 1.93 bits per heavy atom. The first kappa shape index (κ1) is 14.6. The van der Waals surface area contributed by atoms with Crippen LogP contribution in [0.1, 0.15) is 40.0 Å². The van der Waals surface area contributed by atoms with Gasteiger partial charge in [-0.25, -0.2) is 0 Å². The third-order valence-corrected chi connectivity index (χ3v) is 2.71. The van der Waals surface area contributed by atoms with Gasteiger partial charge in [0, 0.05) is 0 Å². The Morgan fingerprint density at radius 1 is 1.33 bits per heavy atom. The first-order valence-corrected chi connectivity index (χ1v) is 7.10. The van der Waals surface area contributed by atoms with Crippen molar-refractivity contribution >= 4 is 10.1 Å². The van der Waals surface area contributed by atoms with Gasteiger partial charge < -0.3 is 0 Å². The Kier molecular flexibility index (Phi) is 6.85. The number of hydrogen-bond donors (Lipinski definition) is 0. The molecule has 0 rings (SSSR count). The fourth-order valence-electron chi connectivity index (χ4n) is 1.20. The Bertz CT molecular complexity index is 287. The van der Waals surface area contributed by atoms with Crippen molar-refractivity contribution in [3.63, 3.8) is 0 Å². The van der Waals surface area contributed by atoms with Crippen molar-refractivity contribution in [3.8, 4) is 0 Å². The van der Waals surface area contributed by atoms with Crippen LogP contribution in [0.15, 0.2) is 11.6 Å². The molecule has 0 fully saturated rings. The van der Waals surface area contributed by atoms with E-state index in [0.717, 1.165) is 25.5 Å². The highest BCUT2D eigenvalue weighted by molar-refractivity contribution is 7.85. The summed E-state index contributed by atoms with van der Waals surface area (Å²) in [6.45, 7) is 6.58. The summed E-state index contributed by atoms with van der Waals surface area (Å²) in [5.41, 5.74) is 1.33. The van der Waals surface area contributed by atoms with Crippen LogP contribution in [0.3, 0.4) is 0 Å². The molecule has 0 radical (unpaired) electrons. The second-order valence-corrected chi connectivity index (χ2v) is 5.92. The molecule has 0 bridgehead atoms. The van der Waals surface area contributed by atoms with Gasteiger partial charge >= 0.3 is 0 Å². The second kappa shape index (κ2) is 7.01. The summed E-state index contributed by atoms with van der Waals surface area (Å²) < 4.78 is 26.1. The molecule has 0 aromatic carbocycles. The van der Waals surface area contributed by atoms with E-state index in [-0.39, 0.29) is 0 Å². The van der Waals surface area contributed by atoms with Gasteiger partial charge in [-0.2, -0.15) is 8.42 Å². The first-order valence-electron chi connectivity index (χ1n) is 5.29. The molecule has 0 aliphatic carbocycles. The predicted molar refractivity (Wildman–Crippen MR) is 63.2 cm³/mol. The van der Waals surface area contributed by atoms with Gasteiger partial charge in [-0.15, -0.1) is 0 Å². The van der Waals surface area contributed by atoms with Crippen molar-refractivity contribution < 1.29 is 12.6 Å². The van der Waals surface area contributed by atoms with Gasteiger partial charge in [0.25, 0.3) is 10.1 Å². The van der Waals surface area contributed by atoms with Crippen LogP contribution in [-0.4, -0.2) is 21.3 Å². The number of hydrogen-bond acceptors (Lipinski definition) is 3. The molecule has 90 valence electrons. The molecule has 0 saturated carbocycles. The van der Waals surface area contributed by atoms with Crippen molar-refractivity contribution in [2.75, 3.05) is 12.9 Å². The van der Waals surface area contributed by atoms with E-state index in [9.17, 15) is 8.42 Å². The summed E-state index contributed by atoms with van der Waals surface area (Å²) in [6.07, 6.45) is 6.22. The Hall–Kier alpha value is -0.350. The molecular formula is C11H22O3S. The topological polar surface area (TPSA) is 43.4 Å². The van der Waals surface area contributed by atoms with Gasteiger partial charge in [-0.05, 0) is 39.0 Å². The highest BCUT2D eigenvalue weighted by Crippen LogP contribution is 2.12. The molecule has 0 unspecified atom stereocenters. The van der Waals surface area contributed by atoms with Gasteiger partial charge in [-0.3, -0.25) is 4.18 Å². The van der Waals surface area contributed by atoms with Crippen LogP contribution in [0.5, 0.6) is 0 Å². The Balaban J connectivity index is 3.58. The van der Waals surface area contributed by atoms with Crippen molar-refractivity contribution in [1.29, 1.82) is 0 Å². The van der Waals surface area contributed by atoms with Gasteiger partial charge in [-0.1, -0.05) is 18.6 Å². The third-order valence-electron chi connectivity index (χ3n) is 2.12. The van der Waals surface area contributed by atoms with Crippen LogP contribution in [0.2, 0.25) is 0 Å². The van der Waals surface area contributed by atoms with E-state index in [4.69, 9.17) is 0 Å². The lowest BCUT2D eigenvalue weighted by Crippen LogP contribution is -2.07. The molecular weight excluding hydrogens is 212 g/mol. The lowest BCUT2D eigenvalue weighted by molar-refractivity contribution is 0.286. The zero-order valence-electron chi connectivity index (χ0n) is 10.1. The Labute approximate surface area is 93.6 Å². The second-order valence-electron chi connectivity index (χ2n) is 4.28. The van der Waals surface area contributed by atoms with Crippen LogP contribution in [-0.2, 0) is 14.3 Å². The number of allylic oxidation sites excluding steroid dienone is 2. The van der Waals surface area contributed by atoms with Crippen molar-refractivity contribution in [1.82, 2.24) is 0 Å². The summed E-state index contributed by atoms with van der Waals surface area (Å²) in [7, 11) is -3.27. The molecule has 0 aliphatic heterocycles. The quantitative estimate of drug-likeness (QED) is 0.502. The molecule has 3 nitrogen and oxygen atoms in total. The summed E-state index contributed by atoms with van der Waals surface area (Å²) in [4.78, 5) is 0. The molecule has 0 N–H and O–H groups in total. The van der Waals surface area contributed by atoms with E-state index in [0.29, 0.717) is 12.5 Å². The molecule has 15 heavy (non-hydrogen) atoms. The van der Waals surface area contributed by atoms with Crippen LogP contribution >= 0.6 is 0 Å². The van der Waals surface area contributed by atoms with E-state index in [1.165, 1.54) is 5.57 Å². The van der Waals surface area contributed by atoms with Gasteiger partial charge in [0.1, 0.15) is 0 Å². The fraction of sp³-hybridized carbons (Fsp3) is 0.818.